The van der Waals surface area contributed by atoms with Crippen molar-refractivity contribution in [1.29, 1.82) is 0 Å². The third-order valence-electron chi connectivity index (χ3n) is 3.42. The van der Waals surface area contributed by atoms with E-state index in [1.165, 1.54) is 0 Å². The van der Waals surface area contributed by atoms with E-state index >= 15 is 0 Å². The predicted molar refractivity (Wildman–Crippen MR) is 67.1 cm³/mol. The first-order chi connectivity index (χ1) is 8.66. The fourth-order valence-corrected chi connectivity index (χ4v) is 2.51. The van der Waals surface area contributed by atoms with Crippen LogP contribution in [0.5, 0.6) is 0 Å². The maximum atomic E-state index is 11.7. The molecule has 2 aromatic carbocycles. The molecule has 0 aromatic heterocycles. The van der Waals surface area contributed by atoms with Gasteiger partial charge in [0.05, 0.1) is 12.3 Å². The molecule has 0 radical (unpaired) electrons. The molecule has 0 aliphatic carbocycles. The molecule has 1 atom stereocenters. The highest BCUT2D eigenvalue weighted by atomic mass is 16.6. The van der Waals surface area contributed by atoms with Crippen LogP contribution in [0.1, 0.15) is 23.5 Å². The topological polar surface area (TPSA) is 43.4 Å². The molecule has 1 saturated heterocycles. The van der Waals surface area contributed by atoms with Gasteiger partial charge in [-0.25, -0.2) is 0 Å². The molecule has 3 heteroatoms. The highest BCUT2D eigenvalue weighted by Gasteiger charge is 2.35. The molecule has 3 rings (SSSR count). The number of rotatable bonds is 1. The number of aryl methyl sites for hydroxylation is 1. The second kappa shape index (κ2) is 3.95. The van der Waals surface area contributed by atoms with Gasteiger partial charge in [0.15, 0.2) is 0 Å². The van der Waals surface area contributed by atoms with Crippen molar-refractivity contribution in [3.63, 3.8) is 0 Å². The summed E-state index contributed by atoms with van der Waals surface area (Å²) >= 11 is 0. The van der Waals surface area contributed by atoms with Crippen LogP contribution >= 0.6 is 0 Å². The molecule has 0 saturated carbocycles. The zero-order chi connectivity index (χ0) is 12.7. The minimum absolute atomic E-state index is 0.145. The van der Waals surface area contributed by atoms with Crippen LogP contribution in [0.2, 0.25) is 0 Å². The first-order valence-electron chi connectivity index (χ1n) is 5.89. The molecule has 90 valence electrons. The summed E-state index contributed by atoms with van der Waals surface area (Å²) in [5, 5.41) is 2.14. The average molecular weight is 240 g/mol. The first-order valence-corrected chi connectivity index (χ1v) is 5.89. The van der Waals surface area contributed by atoms with Gasteiger partial charge >= 0.3 is 11.9 Å². The van der Waals surface area contributed by atoms with E-state index in [1.807, 2.05) is 43.3 Å². The minimum Gasteiger partial charge on any atom is -0.393 e. The largest absolute Gasteiger partial charge is 0.393 e. The van der Waals surface area contributed by atoms with Gasteiger partial charge in [0.1, 0.15) is 0 Å². The van der Waals surface area contributed by atoms with Gasteiger partial charge in [-0.3, -0.25) is 9.59 Å². The van der Waals surface area contributed by atoms with Crippen molar-refractivity contribution in [3.8, 4) is 0 Å². The van der Waals surface area contributed by atoms with Gasteiger partial charge in [-0.05, 0) is 28.8 Å². The number of esters is 2. The van der Waals surface area contributed by atoms with Crippen molar-refractivity contribution in [1.82, 2.24) is 0 Å². The predicted octanol–water partition coefficient (Wildman–Crippen LogP) is 2.71. The minimum atomic E-state index is -0.456. The highest BCUT2D eigenvalue weighted by Crippen LogP contribution is 2.33. The molecule has 0 spiro atoms. The summed E-state index contributed by atoms with van der Waals surface area (Å²) in [6.45, 7) is 2.03. The Hall–Kier alpha value is -2.16. The third-order valence-corrected chi connectivity index (χ3v) is 3.42. The van der Waals surface area contributed by atoms with E-state index < -0.39 is 17.9 Å². The summed E-state index contributed by atoms with van der Waals surface area (Å²) in [6.07, 6.45) is 0.145. The van der Waals surface area contributed by atoms with Gasteiger partial charge < -0.3 is 4.74 Å². The molecular formula is C15H12O3. The van der Waals surface area contributed by atoms with Crippen LogP contribution in [0.3, 0.4) is 0 Å². The fraction of sp³-hybridized carbons (Fsp3) is 0.200. The summed E-state index contributed by atoms with van der Waals surface area (Å²) in [5.41, 5.74) is 2.04. The van der Waals surface area contributed by atoms with Crippen molar-refractivity contribution in [3.05, 3.63) is 47.5 Å². The lowest BCUT2D eigenvalue weighted by Crippen LogP contribution is -2.06. The average Bonchev–Trinajstić information content (AvgIpc) is 2.68. The van der Waals surface area contributed by atoms with Gasteiger partial charge in [0, 0.05) is 0 Å². The smallest absolute Gasteiger partial charge is 0.321 e. The lowest BCUT2D eigenvalue weighted by atomic mass is 9.91. The summed E-state index contributed by atoms with van der Waals surface area (Å²) in [6, 6.07) is 11.8. The van der Waals surface area contributed by atoms with Crippen LogP contribution < -0.4 is 0 Å². The quantitative estimate of drug-likeness (QED) is 0.568. The van der Waals surface area contributed by atoms with Gasteiger partial charge in [-0.15, -0.1) is 0 Å². The zero-order valence-electron chi connectivity index (χ0n) is 9.97. The Bertz CT molecular complexity index is 658. The molecule has 2 aromatic rings. The molecule has 0 amide bonds. The monoisotopic (exact) mass is 240 g/mol. The molecule has 1 heterocycles. The molecule has 0 bridgehead atoms. The van der Waals surface area contributed by atoms with E-state index in [9.17, 15) is 9.59 Å². The van der Waals surface area contributed by atoms with E-state index in [0.717, 1.165) is 21.9 Å². The number of cyclic esters (lactones) is 2. The summed E-state index contributed by atoms with van der Waals surface area (Å²) < 4.78 is 4.63. The van der Waals surface area contributed by atoms with Crippen LogP contribution in [0, 0.1) is 6.92 Å². The van der Waals surface area contributed by atoms with E-state index in [1.54, 1.807) is 0 Å². The van der Waals surface area contributed by atoms with E-state index in [2.05, 4.69) is 4.74 Å². The van der Waals surface area contributed by atoms with Gasteiger partial charge in [-0.2, -0.15) is 0 Å². The van der Waals surface area contributed by atoms with Crippen LogP contribution in [0.4, 0.5) is 0 Å². The zero-order valence-corrected chi connectivity index (χ0v) is 9.97. The van der Waals surface area contributed by atoms with Crippen LogP contribution in [-0.2, 0) is 14.3 Å². The Morgan fingerprint density at radius 2 is 1.78 bits per heavy atom. The van der Waals surface area contributed by atoms with Crippen LogP contribution in [-0.4, -0.2) is 11.9 Å². The van der Waals surface area contributed by atoms with Crippen molar-refractivity contribution in [2.45, 2.75) is 19.3 Å². The molecule has 1 fully saturated rings. The number of ether oxygens (including phenoxy) is 1. The molecular weight excluding hydrogens is 228 g/mol. The number of carbonyl (C=O) groups excluding carboxylic acids is 2. The molecule has 0 N–H and O–H groups in total. The van der Waals surface area contributed by atoms with Gasteiger partial charge in [0.2, 0.25) is 0 Å². The Labute approximate surface area is 104 Å². The van der Waals surface area contributed by atoms with Crippen molar-refractivity contribution in [2.24, 2.45) is 0 Å². The van der Waals surface area contributed by atoms with Crippen molar-refractivity contribution >= 4 is 22.7 Å². The number of carbonyl (C=O) groups is 2. The summed E-state index contributed by atoms with van der Waals surface area (Å²) in [7, 11) is 0. The summed E-state index contributed by atoms with van der Waals surface area (Å²) in [5.74, 6) is -1.33. The van der Waals surface area contributed by atoms with E-state index in [4.69, 9.17) is 0 Å². The number of benzene rings is 2. The number of hydrogen-bond acceptors (Lipinski definition) is 3. The van der Waals surface area contributed by atoms with E-state index in [0.29, 0.717) is 0 Å². The lowest BCUT2D eigenvalue weighted by molar-refractivity contribution is -0.152. The molecule has 1 unspecified atom stereocenters. The number of hydrogen-bond donors (Lipinski definition) is 0. The number of fused-ring (bicyclic) bond motifs is 1. The Morgan fingerprint density at radius 1 is 1.06 bits per heavy atom. The highest BCUT2D eigenvalue weighted by molar-refractivity contribution is 6.01. The van der Waals surface area contributed by atoms with Gasteiger partial charge in [0.25, 0.3) is 0 Å². The van der Waals surface area contributed by atoms with Crippen molar-refractivity contribution < 1.29 is 14.3 Å². The standard InChI is InChI=1S/C15H12O3/c1-9-4-2-6-11-10(9)5-3-7-12(11)13-8-14(16)18-15(13)17/h2-7,13H,8H2,1H3. The molecule has 3 nitrogen and oxygen atoms in total. The van der Waals surface area contributed by atoms with Crippen LogP contribution in [0.15, 0.2) is 36.4 Å². The second-order valence-electron chi connectivity index (χ2n) is 4.57. The van der Waals surface area contributed by atoms with Crippen molar-refractivity contribution in [2.75, 3.05) is 0 Å². The van der Waals surface area contributed by atoms with E-state index in [-0.39, 0.29) is 6.42 Å². The molecule has 1 aliphatic rings. The SMILES string of the molecule is Cc1cccc2c(C3CC(=O)OC3=O)cccc12. The normalized spacial score (nSPS) is 19.3. The summed E-state index contributed by atoms with van der Waals surface area (Å²) in [4.78, 5) is 22.9. The van der Waals surface area contributed by atoms with Gasteiger partial charge in [-0.1, -0.05) is 36.4 Å². The van der Waals surface area contributed by atoms with Crippen LogP contribution in [0.25, 0.3) is 10.8 Å². The maximum absolute atomic E-state index is 11.7. The lowest BCUT2D eigenvalue weighted by Gasteiger charge is -2.10. The third kappa shape index (κ3) is 1.59. The fourth-order valence-electron chi connectivity index (χ4n) is 2.51. The molecule has 1 aliphatic heterocycles. The Kier molecular flexibility index (Phi) is 2.40. The Balaban J connectivity index is 2.21. The first kappa shape index (κ1) is 11.0. The molecule has 18 heavy (non-hydrogen) atoms. The second-order valence-corrected chi connectivity index (χ2v) is 4.57. The Morgan fingerprint density at radius 3 is 2.50 bits per heavy atom. The maximum Gasteiger partial charge on any atom is 0.321 e.